The second-order valence-electron chi connectivity index (χ2n) is 4.48. The van der Waals surface area contributed by atoms with Crippen LogP contribution in [0.4, 0.5) is 5.69 Å². The van der Waals surface area contributed by atoms with Crippen molar-refractivity contribution >= 4 is 21.6 Å². The molecule has 0 radical (unpaired) electrons. The van der Waals surface area contributed by atoms with Gasteiger partial charge in [-0.2, -0.15) is 5.26 Å². The fraction of sp³-hybridized carbons (Fsp3) is 0.462. The first-order valence-corrected chi connectivity index (χ1v) is 6.28. The van der Waals surface area contributed by atoms with Crippen molar-refractivity contribution in [3.8, 4) is 6.07 Å². The van der Waals surface area contributed by atoms with Crippen LogP contribution in [-0.4, -0.2) is 6.04 Å². The molecule has 0 saturated carbocycles. The van der Waals surface area contributed by atoms with E-state index < -0.39 is 0 Å². The van der Waals surface area contributed by atoms with Gasteiger partial charge in [0, 0.05) is 16.2 Å². The summed E-state index contributed by atoms with van der Waals surface area (Å²) in [6, 6.07) is 8.17. The molecule has 0 bridgehead atoms. The SMILES string of the molecule is CC(C)CC(C)Nc1ccc(C#N)cc1Br. The van der Waals surface area contributed by atoms with E-state index in [0.717, 1.165) is 16.6 Å². The minimum Gasteiger partial charge on any atom is -0.382 e. The summed E-state index contributed by atoms with van der Waals surface area (Å²) in [5.41, 5.74) is 1.72. The van der Waals surface area contributed by atoms with E-state index >= 15 is 0 Å². The smallest absolute Gasteiger partial charge is 0.0992 e. The maximum atomic E-state index is 8.76. The molecule has 1 unspecified atom stereocenters. The fourth-order valence-corrected chi connectivity index (χ4v) is 2.23. The Morgan fingerprint density at radius 2 is 2.06 bits per heavy atom. The molecule has 1 rings (SSSR count). The standard InChI is InChI=1S/C13H17BrN2/c1-9(2)6-10(3)16-13-5-4-11(8-15)7-12(13)14/h4-5,7,9-10,16H,6H2,1-3H3. The molecular formula is C13H17BrN2. The molecule has 86 valence electrons. The number of rotatable bonds is 4. The Hall–Kier alpha value is -1.01. The van der Waals surface area contributed by atoms with Gasteiger partial charge in [0.1, 0.15) is 0 Å². The molecule has 0 heterocycles. The van der Waals surface area contributed by atoms with Crippen molar-refractivity contribution in [1.29, 1.82) is 5.26 Å². The van der Waals surface area contributed by atoms with E-state index in [0.29, 0.717) is 17.5 Å². The van der Waals surface area contributed by atoms with E-state index in [-0.39, 0.29) is 0 Å². The van der Waals surface area contributed by atoms with Crippen molar-refractivity contribution in [3.63, 3.8) is 0 Å². The van der Waals surface area contributed by atoms with Crippen molar-refractivity contribution in [3.05, 3.63) is 28.2 Å². The Bertz CT molecular complexity index is 393. The zero-order chi connectivity index (χ0) is 12.1. The molecule has 1 N–H and O–H groups in total. The van der Waals surface area contributed by atoms with Crippen LogP contribution in [-0.2, 0) is 0 Å². The number of nitriles is 1. The molecule has 0 aromatic heterocycles. The third-order valence-electron chi connectivity index (χ3n) is 2.33. The monoisotopic (exact) mass is 280 g/mol. The molecule has 16 heavy (non-hydrogen) atoms. The van der Waals surface area contributed by atoms with E-state index in [4.69, 9.17) is 5.26 Å². The molecule has 0 saturated heterocycles. The normalized spacial score (nSPS) is 12.2. The average Bonchev–Trinajstić information content (AvgIpc) is 2.19. The summed E-state index contributed by atoms with van der Waals surface area (Å²) in [6.45, 7) is 6.60. The Morgan fingerprint density at radius 3 is 2.56 bits per heavy atom. The maximum Gasteiger partial charge on any atom is 0.0992 e. The maximum absolute atomic E-state index is 8.76. The highest BCUT2D eigenvalue weighted by atomic mass is 79.9. The van der Waals surface area contributed by atoms with Crippen LogP contribution < -0.4 is 5.32 Å². The van der Waals surface area contributed by atoms with E-state index in [1.807, 2.05) is 18.2 Å². The van der Waals surface area contributed by atoms with Gasteiger partial charge in [-0.05, 0) is 53.4 Å². The van der Waals surface area contributed by atoms with Crippen molar-refractivity contribution in [2.75, 3.05) is 5.32 Å². The Morgan fingerprint density at radius 1 is 1.38 bits per heavy atom. The molecule has 2 nitrogen and oxygen atoms in total. The zero-order valence-corrected chi connectivity index (χ0v) is 11.5. The van der Waals surface area contributed by atoms with Gasteiger partial charge in [0.05, 0.1) is 11.6 Å². The zero-order valence-electron chi connectivity index (χ0n) is 9.92. The van der Waals surface area contributed by atoms with Crippen LogP contribution in [0.1, 0.15) is 32.8 Å². The van der Waals surface area contributed by atoms with E-state index in [9.17, 15) is 0 Å². The van der Waals surface area contributed by atoms with Crippen molar-refractivity contribution in [2.24, 2.45) is 5.92 Å². The summed E-state index contributed by atoms with van der Waals surface area (Å²) >= 11 is 3.47. The van der Waals surface area contributed by atoms with Gasteiger partial charge in [-0.1, -0.05) is 13.8 Å². The molecule has 0 spiro atoms. The minimum atomic E-state index is 0.434. The van der Waals surface area contributed by atoms with Crippen molar-refractivity contribution < 1.29 is 0 Å². The second-order valence-corrected chi connectivity index (χ2v) is 5.34. The molecule has 0 fully saturated rings. The Balaban J connectivity index is 2.71. The highest BCUT2D eigenvalue weighted by Gasteiger charge is 2.07. The molecule has 0 aliphatic heterocycles. The van der Waals surface area contributed by atoms with Gasteiger partial charge in [0.25, 0.3) is 0 Å². The van der Waals surface area contributed by atoms with E-state index in [1.165, 1.54) is 0 Å². The molecule has 0 amide bonds. The first kappa shape index (κ1) is 13.1. The lowest BCUT2D eigenvalue weighted by atomic mass is 10.0. The van der Waals surface area contributed by atoms with Gasteiger partial charge in [-0.15, -0.1) is 0 Å². The minimum absolute atomic E-state index is 0.434. The molecule has 1 atom stereocenters. The van der Waals surface area contributed by atoms with Crippen LogP contribution in [0.5, 0.6) is 0 Å². The lowest BCUT2D eigenvalue weighted by Crippen LogP contribution is -2.17. The number of anilines is 1. The van der Waals surface area contributed by atoms with E-state index in [2.05, 4.69) is 48.1 Å². The third-order valence-corrected chi connectivity index (χ3v) is 2.98. The third kappa shape index (κ3) is 3.86. The highest BCUT2D eigenvalue weighted by Crippen LogP contribution is 2.24. The van der Waals surface area contributed by atoms with Crippen LogP contribution in [0.2, 0.25) is 0 Å². The topological polar surface area (TPSA) is 35.8 Å². The van der Waals surface area contributed by atoms with Gasteiger partial charge in [0.15, 0.2) is 0 Å². The summed E-state index contributed by atoms with van der Waals surface area (Å²) < 4.78 is 0.946. The van der Waals surface area contributed by atoms with Gasteiger partial charge in [0.2, 0.25) is 0 Å². The first-order chi connectivity index (χ1) is 7.52. The lowest BCUT2D eigenvalue weighted by Gasteiger charge is -2.18. The Kier molecular flexibility index (Phi) is 4.82. The second kappa shape index (κ2) is 5.91. The van der Waals surface area contributed by atoms with Crippen molar-refractivity contribution in [2.45, 2.75) is 33.2 Å². The summed E-state index contributed by atoms with van der Waals surface area (Å²) in [4.78, 5) is 0. The van der Waals surface area contributed by atoms with Gasteiger partial charge in [-0.3, -0.25) is 0 Å². The predicted molar refractivity (Wildman–Crippen MR) is 71.4 cm³/mol. The highest BCUT2D eigenvalue weighted by molar-refractivity contribution is 9.10. The first-order valence-electron chi connectivity index (χ1n) is 5.49. The number of hydrogen-bond donors (Lipinski definition) is 1. The van der Waals surface area contributed by atoms with Crippen LogP contribution in [0.15, 0.2) is 22.7 Å². The Labute approximate surface area is 106 Å². The van der Waals surface area contributed by atoms with Gasteiger partial charge in [-0.25, -0.2) is 0 Å². The number of benzene rings is 1. The van der Waals surface area contributed by atoms with Gasteiger partial charge < -0.3 is 5.32 Å². The predicted octanol–water partition coefficient (Wildman–Crippen LogP) is 4.17. The molecule has 3 heteroatoms. The largest absolute Gasteiger partial charge is 0.382 e. The number of nitrogens with zero attached hydrogens (tertiary/aromatic N) is 1. The molecule has 1 aromatic rings. The molecule has 0 aliphatic rings. The van der Waals surface area contributed by atoms with Crippen molar-refractivity contribution in [1.82, 2.24) is 0 Å². The van der Waals surface area contributed by atoms with Crippen LogP contribution in [0.25, 0.3) is 0 Å². The lowest BCUT2D eigenvalue weighted by molar-refractivity contribution is 0.539. The van der Waals surface area contributed by atoms with E-state index in [1.54, 1.807) is 0 Å². The van der Waals surface area contributed by atoms with Crippen LogP contribution in [0.3, 0.4) is 0 Å². The summed E-state index contributed by atoms with van der Waals surface area (Å²) in [6.07, 6.45) is 1.13. The summed E-state index contributed by atoms with van der Waals surface area (Å²) in [5, 5.41) is 12.2. The number of halogens is 1. The molecule has 1 aromatic carbocycles. The number of nitrogens with one attached hydrogen (secondary N) is 1. The molecular weight excluding hydrogens is 264 g/mol. The quantitative estimate of drug-likeness (QED) is 0.899. The molecule has 0 aliphatic carbocycles. The summed E-state index contributed by atoms with van der Waals surface area (Å²) in [7, 11) is 0. The summed E-state index contributed by atoms with van der Waals surface area (Å²) in [5.74, 6) is 0.680. The van der Waals surface area contributed by atoms with Crippen LogP contribution >= 0.6 is 15.9 Å². The van der Waals surface area contributed by atoms with Crippen LogP contribution in [0, 0.1) is 17.2 Å². The fourth-order valence-electron chi connectivity index (χ4n) is 1.73. The average molecular weight is 281 g/mol. The number of hydrogen-bond acceptors (Lipinski definition) is 2. The van der Waals surface area contributed by atoms with Gasteiger partial charge >= 0.3 is 0 Å².